The largest absolute Gasteiger partial charge is 0.597 e. The monoisotopic (exact) mass is 305 g/mol. The van der Waals surface area contributed by atoms with Crippen molar-refractivity contribution in [1.29, 1.82) is 0 Å². The second-order valence-corrected chi connectivity index (χ2v) is 6.54. The predicted octanol–water partition coefficient (Wildman–Crippen LogP) is 5.92. The van der Waals surface area contributed by atoms with Crippen LogP contribution >= 0.6 is 7.65 Å². The van der Waals surface area contributed by atoms with Gasteiger partial charge in [-0.2, -0.15) is 0 Å². The van der Waals surface area contributed by atoms with Gasteiger partial charge in [0, 0.05) is 10.8 Å². The summed E-state index contributed by atoms with van der Waals surface area (Å²) in [6.45, 7) is 0. The topological polar surface area (TPSA) is 30.2 Å². The molecule has 4 rings (SSSR count). The summed E-state index contributed by atoms with van der Waals surface area (Å²) in [5, 5.41) is 2.82. The maximum absolute atomic E-state index is 12.2. The van der Waals surface area contributed by atoms with Gasteiger partial charge in [0.1, 0.15) is 0 Å². The molecule has 0 saturated carbocycles. The molecular formula is C19H14O2P+. The maximum atomic E-state index is 12.2. The van der Waals surface area contributed by atoms with Gasteiger partial charge in [0.05, 0.1) is 0 Å². The molecule has 1 aromatic heterocycles. The highest BCUT2D eigenvalue weighted by Gasteiger charge is 2.16. The van der Waals surface area contributed by atoms with Gasteiger partial charge in [0.15, 0.2) is 5.58 Å². The molecule has 2 nitrogen and oxygen atoms in total. The predicted molar refractivity (Wildman–Crippen MR) is 90.6 cm³/mol. The summed E-state index contributed by atoms with van der Waals surface area (Å²) in [4.78, 5) is 0. The summed E-state index contributed by atoms with van der Waals surface area (Å²) in [6, 6.07) is 24.3. The van der Waals surface area contributed by atoms with Gasteiger partial charge < -0.3 is 0 Å². The van der Waals surface area contributed by atoms with Gasteiger partial charge in [-0.25, -0.2) is 4.20 Å². The van der Waals surface area contributed by atoms with Crippen molar-refractivity contribution >= 4 is 29.1 Å². The van der Waals surface area contributed by atoms with Gasteiger partial charge in [-0.1, -0.05) is 48.5 Å². The van der Waals surface area contributed by atoms with Crippen LogP contribution in [-0.2, 0) is 11.0 Å². The average molecular weight is 305 g/mol. The van der Waals surface area contributed by atoms with E-state index in [1.807, 2.05) is 42.5 Å². The lowest BCUT2D eigenvalue weighted by Crippen LogP contribution is -1.88. The number of hydrogen-bond acceptors (Lipinski definition) is 2. The van der Waals surface area contributed by atoms with E-state index >= 15 is 0 Å². The molecule has 3 heteroatoms. The Morgan fingerprint density at radius 2 is 1.55 bits per heavy atom. The zero-order chi connectivity index (χ0) is 14.9. The maximum Gasteiger partial charge on any atom is 0.597 e. The molecule has 0 radical (unpaired) electrons. The van der Waals surface area contributed by atoms with Crippen molar-refractivity contribution in [2.75, 3.05) is 0 Å². The molecular weight excluding hydrogens is 291 g/mol. The van der Waals surface area contributed by atoms with E-state index in [0.717, 1.165) is 22.3 Å². The van der Waals surface area contributed by atoms with Crippen molar-refractivity contribution in [3.63, 3.8) is 0 Å². The Bertz CT molecular complexity index is 1020. The molecule has 1 atom stereocenters. The van der Waals surface area contributed by atoms with Gasteiger partial charge in [0.25, 0.3) is 0 Å². The SMILES string of the molecule is O=[p+]1oc2ccc(Cc3ccccc3)cc2c2ccccc21. The van der Waals surface area contributed by atoms with Crippen LogP contribution in [0.3, 0.4) is 0 Å². The molecule has 0 N–H and O–H groups in total. The first-order valence-corrected chi connectivity index (χ1v) is 8.40. The van der Waals surface area contributed by atoms with E-state index in [4.69, 9.17) is 4.20 Å². The lowest BCUT2D eigenvalue weighted by molar-refractivity contribution is 0.563. The molecule has 3 aromatic carbocycles. The highest BCUT2D eigenvalue weighted by atomic mass is 31.1. The molecule has 22 heavy (non-hydrogen) atoms. The third-order valence-electron chi connectivity index (χ3n) is 3.87. The van der Waals surface area contributed by atoms with Crippen LogP contribution in [0.5, 0.6) is 0 Å². The first-order chi connectivity index (χ1) is 10.8. The summed E-state index contributed by atoms with van der Waals surface area (Å²) < 4.78 is 17.7. The van der Waals surface area contributed by atoms with E-state index in [0.29, 0.717) is 5.58 Å². The number of rotatable bonds is 2. The minimum Gasteiger partial charge on any atom is -0.250 e. The first kappa shape index (κ1) is 13.2. The van der Waals surface area contributed by atoms with Gasteiger partial charge in [-0.05, 0) is 46.4 Å². The van der Waals surface area contributed by atoms with Crippen molar-refractivity contribution in [2.24, 2.45) is 0 Å². The Hall–Kier alpha value is -2.44. The molecule has 1 unspecified atom stereocenters. The van der Waals surface area contributed by atoms with Crippen molar-refractivity contribution in [2.45, 2.75) is 6.42 Å². The van der Waals surface area contributed by atoms with Crippen molar-refractivity contribution < 1.29 is 8.76 Å². The Morgan fingerprint density at radius 1 is 0.773 bits per heavy atom. The van der Waals surface area contributed by atoms with E-state index in [9.17, 15) is 4.57 Å². The summed E-state index contributed by atoms with van der Waals surface area (Å²) in [6.07, 6.45) is 0.877. The second kappa shape index (κ2) is 5.40. The van der Waals surface area contributed by atoms with Crippen molar-refractivity contribution in [3.05, 3.63) is 83.9 Å². The van der Waals surface area contributed by atoms with E-state index in [2.05, 4.69) is 30.3 Å². The van der Waals surface area contributed by atoms with Crippen LogP contribution in [0.2, 0.25) is 0 Å². The first-order valence-electron chi connectivity index (χ1n) is 7.23. The molecule has 0 amide bonds. The number of fused-ring (bicyclic) bond motifs is 3. The molecule has 0 saturated heterocycles. The van der Waals surface area contributed by atoms with E-state index in [1.165, 1.54) is 11.1 Å². The summed E-state index contributed by atoms with van der Waals surface area (Å²) in [5.74, 6) is 0. The Labute approximate surface area is 128 Å². The minimum atomic E-state index is -1.80. The van der Waals surface area contributed by atoms with Gasteiger partial charge in [-0.15, -0.1) is 0 Å². The van der Waals surface area contributed by atoms with E-state index in [-0.39, 0.29) is 0 Å². The number of hydrogen-bond donors (Lipinski definition) is 0. The summed E-state index contributed by atoms with van der Waals surface area (Å²) in [7, 11) is -1.80. The molecule has 0 spiro atoms. The van der Waals surface area contributed by atoms with Crippen LogP contribution in [-0.4, -0.2) is 0 Å². The number of benzene rings is 3. The molecule has 0 fully saturated rings. The lowest BCUT2D eigenvalue weighted by atomic mass is 10.0. The Kier molecular flexibility index (Phi) is 3.25. The fourth-order valence-electron chi connectivity index (χ4n) is 2.81. The normalized spacial score (nSPS) is 11.9. The van der Waals surface area contributed by atoms with Crippen molar-refractivity contribution in [1.82, 2.24) is 0 Å². The standard InChI is InChI=1S/C19H14O2P/c20-22-19-9-5-4-8-16(19)17-13-15(10-11-18(17)21-22)12-14-6-2-1-3-7-14/h1-11,13H,12H2/q+1. The van der Waals surface area contributed by atoms with Crippen LogP contribution in [0, 0.1) is 0 Å². The van der Waals surface area contributed by atoms with Crippen molar-refractivity contribution in [3.8, 4) is 0 Å². The summed E-state index contributed by atoms with van der Waals surface area (Å²) in [5.41, 5.74) is 3.20. The molecule has 106 valence electrons. The molecule has 0 aliphatic carbocycles. The zero-order valence-electron chi connectivity index (χ0n) is 11.9. The average Bonchev–Trinajstić information content (AvgIpc) is 2.57. The van der Waals surface area contributed by atoms with Crippen LogP contribution in [0.4, 0.5) is 0 Å². The van der Waals surface area contributed by atoms with Crippen LogP contribution in [0.1, 0.15) is 11.1 Å². The van der Waals surface area contributed by atoms with E-state index in [1.54, 1.807) is 0 Å². The molecule has 0 aliphatic heterocycles. The fourth-order valence-corrected chi connectivity index (χ4v) is 3.84. The third kappa shape index (κ3) is 2.32. The third-order valence-corrected chi connectivity index (χ3v) is 5.01. The second-order valence-electron chi connectivity index (χ2n) is 5.36. The lowest BCUT2D eigenvalue weighted by Gasteiger charge is -2.03. The summed E-state index contributed by atoms with van der Waals surface area (Å²) >= 11 is 0. The molecule has 1 heterocycles. The highest BCUT2D eigenvalue weighted by Crippen LogP contribution is 2.35. The van der Waals surface area contributed by atoms with Crippen LogP contribution < -0.4 is 0 Å². The van der Waals surface area contributed by atoms with Gasteiger partial charge >= 0.3 is 7.65 Å². The fraction of sp³-hybridized carbons (Fsp3) is 0.0526. The minimum absolute atomic E-state index is 0.705. The van der Waals surface area contributed by atoms with E-state index < -0.39 is 7.65 Å². The zero-order valence-corrected chi connectivity index (χ0v) is 12.8. The van der Waals surface area contributed by atoms with Gasteiger partial charge in [0.2, 0.25) is 5.12 Å². The quantitative estimate of drug-likeness (QED) is 0.430. The molecule has 0 bridgehead atoms. The molecule has 0 aliphatic rings. The molecule has 4 aromatic rings. The van der Waals surface area contributed by atoms with Crippen LogP contribution in [0.15, 0.2) is 77.0 Å². The van der Waals surface area contributed by atoms with Gasteiger partial charge in [-0.3, -0.25) is 0 Å². The highest BCUT2D eigenvalue weighted by molar-refractivity contribution is 7.37. The Morgan fingerprint density at radius 3 is 2.41 bits per heavy atom. The smallest absolute Gasteiger partial charge is 0.250 e. The van der Waals surface area contributed by atoms with Crippen LogP contribution in [0.25, 0.3) is 21.5 Å². The Balaban J connectivity index is 1.91.